The molecular weight excluding hydrogens is 647 g/mol. The summed E-state index contributed by atoms with van der Waals surface area (Å²) in [6.45, 7) is 0.0870. The van der Waals surface area contributed by atoms with Crippen LogP contribution in [0.2, 0.25) is 0 Å². The van der Waals surface area contributed by atoms with Gasteiger partial charge in [0.2, 0.25) is 23.6 Å². The smallest absolute Gasteiger partial charge is 0.370 e. The van der Waals surface area contributed by atoms with Gasteiger partial charge in [-0.25, -0.2) is 0 Å². The summed E-state index contributed by atoms with van der Waals surface area (Å²) < 4.78 is 39.6. The van der Waals surface area contributed by atoms with E-state index in [9.17, 15) is 32.3 Å². The molecule has 2 atom stereocenters. The molecule has 266 valence electrons. The number of carbonyl (C=O) groups is 4. The number of unbranched alkanes of at least 4 members (excludes halogenated alkanes) is 1. The topological polar surface area (TPSA) is 134 Å². The minimum absolute atomic E-state index is 0.0361. The number of rotatable bonds is 15. The van der Waals surface area contributed by atoms with Crippen molar-refractivity contribution in [1.29, 1.82) is 0 Å². The minimum Gasteiger partial charge on any atom is -0.370 e. The van der Waals surface area contributed by atoms with Crippen molar-refractivity contribution in [2.24, 2.45) is 5.73 Å². The average Bonchev–Trinajstić information content (AvgIpc) is 3.39. The number of halogens is 3. The molecule has 50 heavy (non-hydrogen) atoms. The molecule has 5 rings (SSSR count). The van der Waals surface area contributed by atoms with Gasteiger partial charge >= 0.3 is 6.18 Å². The van der Waals surface area contributed by atoms with E-state index < -0.39 is 47.9 Å². The summed E-state index contributed by atoms with van der Waals surface area (Å²) in [5.74, 6) is -2.06. The number of nitrogens with one attached hydrogen (secondary N) is 3. The number of nitrogens with two attached hydrogens (primary N) is 1. The van der Waals surface area contributed by atoms with Crippen LogP contribution < -0.4 is 21.7 Å². The lowest BCUT2D eigenvalue weighted by molar-refractivity contribution is -0.141. The molecule has 1 saturated heterocycles. The van der Waals surface area contributed by atoms with E-state index >= 15 is 0 Å². The third-order valence-electron chi connectivity index (χ3n) is 9.64. The van der Waals surface area contributed by atoms with E-state index in [1.807, 2.05) is 54.6 Å². The van der Waals surface area contributed by atoms with Gasteiger partial charge < -0.3 is 21.7 Å². The highest BCUT2D eigenvalue weighted by Gasteiger charge is 2.49. The van der Waals surface area contributed by atoms with Crippen LogP contribution in [0.25, 0.3) is 11.1 Å². The maximum atomic E-state index is 13.7. The van der Waals surface area contributed by atoms with Gasteiger partial charge in [0, 0.05) is 19.5 Å². The van der Waals surface area contributed by atoms with Crippen LogP contribution >= 0.6 is 0 Å². The SMILES string of the molecule is NC(=O)CCC(NC(=O)C1CCCCN1Cc1ccccc1)C(=O)NCCCCC1(C(=O)NCC(F)(F)F)c2ccccc2-c2ccccc21. The van der Waals surface area contributed by atoms with E-state index in [0.717, 1.165) is 36.1 Å². The highest BCUT2D eigenvalue weighted by Crippen LogP contribution is 2.51. The number of hydrogen-bond donors (Lipinski definition) is 4. The van der Waals surface area contributed by atoms with Crippen LogP contribution in [0.15, 0.2) is 78.9 Å². The highest BCUT2D eigenvalue weighted by molar-refractivity contribution is 6.00. The number of primary amides is 1. The Morgan fingerprint density at radius 3 is 2.14 bits per heavy atom. The predicted octanol–water partition coefficient (Wildman–Crippen LogP) is 4.72. The number of fused-ring (bicyclic) bond motifs is 3. The van der Waals surface area contributed by atoms with E-state index in [4.69, 9.17) is 5.73 Å². The quantitative estimate of drug-likeness (QED) is 0.171. The number of likely N-dealkylation sites (tertiary alicyclic amines) is 1. The van der Waals surface area contributed by atoms with Crippen LogP contribution in [0.5, 0.6) is 0 Å². The molecule has 2 aliphatic rings. The number of alkyl halides is 3. The summed E-state index contributed by atoms with van der Waals surface area (Å²) >= 11 is 0. The van der Waals surface area contributed by atoms with Crippen LogP contribution in [0.3, 0.4) is 0 Å². The third kappa shape index (κ3) is 8.71. The fourth-order valence-electron chi connectivity index (χ4n) is 7.25. The fraction of sp³-hybridized carbons (Fsp3) is 0.421. The lowest BCUT2D eigenvalue weighted by atomic mass is 9.73. The first-order chi connectivity index (χ1) is 24.0. The van der Waals surface area contributed by atoms with Crippen LogP contribution in [0.1, 0.15) is 68.1 Å². The van der Waals surface area contributed by atoms with E-state index in [1.54, 1.807) is 24.3 Å². The van der Waals surface area contributed by atoms with Gasteiger partial charge in [0.25, 0.3) is 0 Å². The Kier molecular flexibility index (Phi) is 11.9. The number of piperidine rings is 1. The molecular formula is C38H44F3N5O4. The zero-order chi connectivity index (χ0) is 35.7. The number of nitrogens with zero attached hydrogens (tertiary/aromatic N) is 1. The second-order valence-corrected chi connectivity index (χ2v) is 13.1. The summed E-state index contributed by atoms with van der Waals surface area (Å²) in [6, 6.07) is 22.9. The van der Waals surface area contributed by atoms with Gasteiger partial charge in [0.05, 0.1) is 6.04 Å². The van der Waals surface area contributed by atoms with Gasteiger partial charge in [-0.05, 0) is 72.9 Å². The molecule has 12 heteroatoms. The molecule has 1 aliphatic carbocycles. The molecule has 0 radical (unpaired) electrons. The van der Waals surface area contributed by atoms with Crippen LogP contribution in [-0.2, 0) is 31.1 Å². The standard InChI is InChI=1S/C38H44F3N5O4/c39-38(40,41)25-44-36(50)37(29-16-6-4-14-27(29)28-15-5-7-17-30(28)37)21-9-10-22-43-34(48)31(19-20-33(42)47)45-35(49)32-18-8-11-23-46(32)24-26-12-2-1-3-13-26/h1-7,12-17,31-32H,8-11,18-25H2,(H2,42,47)(H,43,48)(H,44,50)(H,45,49). The van der Waals surface area contributed by atoms with Gasteiger partial charge in [-0.3, -0.25) is 24.1 Å². The number of carbonyl (C=O) groups excluding carboxylic acids is 4. The van der Waals surface area contributed by atoms with Gasteiger partial charge in [-0.15, -0.1) is 0 Å². The molecule has 3 aromatic carbocycles. The second kappa shape index (κ2) is 16.3. The van der Waals surface area contributed by atoms with Crippen molar-refractivity contribution in [1.82, 2.24) is 20.9 Å². The average molecular weight is 692 g/mol. The lowest BCUT2D eigenvalue weighted by Gasteiger charge is -2.35. The number of benzene rings is 3. The first-order valence-corrected chi connectivity index (χ1v) is 17.2. The van der Waals surface area contributed by atoms with Crippen LogP contribution in [-0.4, -0.2) is 66.4 Å². The highest BCUT2D eigenvalue weighted by atomic mass is 19.4. The van der Waals surface area contributed by atoms with Crippen LogP contribution in [0.4, 0.5) is 13.2 Å². The zero-order valence-electron chi connectivity index (χ0n) is 27.9. The molecule has 1 fully saturated rings. The second-order valence-electron chi connectivity index (χ2n) is 13.1. The first kappa shape index (κ1) is 36.6. The monoisotopic (exact) mass is 691 g/mol. The van der Waals surface area contributed by atoms with E-state index in [-0.39, 0.29) is 31.7 Å². The van der Waals surface area contributed by atoms with Gasteiger partial charge in [0.1, 0.15) is 18.0 Å². The molecule has 1 heterocycles. The molecule has 3 aromatic rings. The van der Waals surface area contributed by atoms with Gasteiger partial charge in [-0.2, -0.15) is 13.2 Å². The van der Waals surface area contributed by atoms with E-state index in [1.165, 1.54) is 0 Å². The molecule has 1 aliphatic heterocycles. The van der Waals surface area contributed by atoms with E-state index in [2.05, 4.69) is 20.9 Å². The Morgan fingerprint density at radius 1 is 0.860 bits per heavy atom. The largest absolute Gasteiger partial charge is 0.405 e. The van der Waals surface area contributed by atoms with Crippen LogP contribution in [0, 0.1) is 0 Å². The molecule has 2 unspecified atom stereocenters. The molecule has 5 N–H and O–H groups in total. The summed E-state index contributed by atoms with van der Waals surface area (Å²) in [5, 5.41) is 7.85. The summed E-state index contributed by atoms with van der Waals surface area (Å²) in [5.41, 5.74) is 8.01. The van der Waals surface area contributed by atoms with Crippen molar-refractivity contribution in [2.45, 2.75) is 81.6 Å². The van der Waals surface area contributed by atoms with Gasteiger partial charge in [0.15, 0.2) is 0 Å². The van der Waals surface area contributed by atoms with E-state index in [0.29, 0.717) is 36.9 Å². The third-order valence-corrected chi connectivity index (χ3v) is 9.64. The molecule has 0 aromatic heterocycles. The van der Waals surface area contributed by atoms with Gasteiger partial charge in [-0.1, -0.05) is 85.3 Å². The van der Waals surface area contributed by atoms with Crippen molar-refractivity contribution in [2.75, 3.05) is 19.6 Å². The molecule has 0 spiro atoms. The minimum atomic E-state index is -4.57. The van der Waals surface area contributed by atoms with Crippen molar-refractivity contribution < 1.29 is 32.3 Å². The molecule has 4 amide bonds. The Labute approximate surface area is 290 Å². The summed E-state index contributed by atoms with van der Waals surface area (Å²) in [4.78, 5) is 54.4. The Morgan fingerprint density at radius 2 is 1.50 bits per heavy atom. The van der Waals surface area contributed by atoms with Crippen molar-refractivity contribution in [3.8, 4) is 11.1 Å². The fourth-order valence-corrected chi connectivity index (χ4v) is 7.25. The predicted molar refractivity (Wildman–Crippen MR) is 183 cm³/mol. The summed E-state index contributed by atoms with van der Waals surface area (Å²) in [7, 11) is 0. The zero-order valence-corrected chi connectivity index (χ0v) is 27.9. The molecule has 9 nitrogen and oxygen atoms in total. The van der Waals surface area contributed by atoms with Crippen molar-refractivity contribution in [3.05, 3.63) is 95.6 Å². The van der Waals surface area contributed by atoms with Crippen molar-refractivity contribution in [3.63, 3.8) is 0 Å². The normalized spacial score (nSPS) is 17.2. The number of amides is 4. The lowest BCUT2D eigenvalue weighted by Crippen LogP contribution is -2.55. The first-order valence-electron chi connectivity index (χ1n) is 17.2. The maximum absolute atomic E-state index is 13.7. The Balaban J connectivity index is 1.23. The Bertz CT molecular complexity index is 1620. The number of hydrogen-bond acceptors (Lipinski definition) is 5. The van der Waals surface area contributed by atoms with Crippen molar-refractivity contribution >= 4 is 23.6 Å². The molecule has 0 saturated carbocycles. The maximum Gasteiger partial charge on any atom is 0.405 e. The Hall–Kier alpha value is -4.71. The molecule has 0 bridgehead atoms. The summed E-state index contributed by atoms with van der Waals surface area (Å²) in [6.07, 6.45) is -1.12.